The summed E-state index contributed by atoms with van der Waals surface area (Å²) in [5.74, 6) is 0. The molecule has 1 heterocycles. The van der Waals surface area contributed by atoms with Gasteiger partial charge in [0.1, 0.15) is 0 Å². The van der Waals surface area contributed by atoms with E-state index in [4.69, 9.17) is 4.74 Å². The molecule has 0 saturated heterocycles. The molecule has 3 nitrogen and oxygen atoms in total. The Hall–Kier alpha value is -1.44. The van der Waals surface area contributed by atoms with Crippen molar-refractivity contribution in [3.8, 4) is 0 Å². The van der Waals surface area contributed by atoms with Crippen molar-refractivity contribution in [3.63, 3.8) is 0 Å². The number of ether oxygens (including phenoxy) is 1. The fraction of sp³-hybridized carbons (Fsp3) is 0.533. The maximum atomic E-state index is 10.7. The summed E-state index contributed by atoms with van der Waals surface area (Å²) in [6, 6.07) is 6.49. The summed E-state index contributed by atoms with van der Waals surface area (Å²) in [5.41, 5.74) is 3.47. The van der Waals surface area contributed by atoms with E-state index < -0.39 is 0 Å². The molecule has 0 bridgehead atoms. The van der Waals surface area contributed by atoms with Crippen LogP contribution in [0.2, 0.25) is 0 Å². The Kier molecular flexibility index (Phi) is 3.02. The van der Waals surface area contributed by atoms with Crippen LogP contribution in [0.5, 0.6) is 0 Å². The van der Waals surface area contributed by atoms with Crippen LogP contribution < -0.4 is 0 Å². The average molecular weight is 243 g/mol. The molecule has 1 aromatic rings. The molecule has 0 N–H and O–H groups in total. The molecule has 3 heteroatoms. The molecular formula is C15H17NO2. The third-order valence-electron chi connectivity index (χ3n) is 4.21. The zero-order valence-electron chi connectivity index (χ0n) is 10.4. The SMILES string of the molecule is O=C=NC1(c2ccc3c(c2)COCC3)CCCC1. The highest BCUT2D eigenvalue weighted by molar-refractivity contribution is 5.42. The van der Waals surface area contributed by atoms with Crippen LogP contribution in [-0.4, -0.2) is 12.7 Å². The lowest BCUT2D eigenvalue weighted by Crippen LogP contribution is -2.20. The van der Waals surface area contributed by atoms with Crippen molar-refractivity contribution in [1.29, 1.82) is 0 Å². The number of nitrogens with zero attached hydrogens (tertiary/aromatic N) is 1. The fourth-order valence-corrected chi connectivity index (χ4v) is 3.17. The summed E-state index contributed by atoms with van der Waals surface area (Å²) in [4.78, 5) is 14.8. The van der Waals surface area contributed by atoms with Gasteiger partial charge < -0.3 is 4.74 Å². The van der Waals surface area contributed by atoms with Crippen LogP contribution in [0.15, 0.2) is 23.2 Å². The first kappa shape index (κ1) is 11.6. The fourth-order valence-electron chi connectivity index (χ4n) is 3.17. The van der Waals surface area contributed by atoms with Crippen LogP contribution in [0.1, 0.15) is 42.4 Å². The molecule has 94 valence electrons. The van der Waals surface area contributed by atoms with Crippen molar-refractivity contribution < 1.29 is 9.53 Å². The number of benzene rings is 1. The van der Waals surface area contributed by atoms with Crippen molar-refractivity contribution in [3.05, 3.63) is 34.9 Å². The first-order valence-corrected chi connectivity index (χ1v) is 6.63. The van der Waals surface area contributed by atoms with Crippen molar-refractivity contribution >= 4 is 6.08 Å². The minimum absolute atomic E-state index is 0.311. The maximum absolute atomic E-state index is 10.7. The average Bonchev–Trinajstić information content (AvgIpc) is 2.88. The molecule has 0 amide bonds. The number of aliphatic imine (C=N–C) groups is 1. The first-order chi connectivity index (χ1) is 8.84. The molecule has 1 fully saturated rings. The van der Waals surface area contributed by atoms with Crippen molar-refractivity contribution in [2.45, 2.75) is 44.2 Å². The van der Waals surface area contributed by atoms with Crippen molar-refractivity contribution in [1.82, 2.24) is 0 Å². The number of rotatable bonds is 2. The number of hydrogen-bond donors (Lipinski definition) is 0. The van der Waals surface area contributed by atoms with Gasteiger partial charge in [0.05, 0.1) is 18.8 Å². The molecule has 0 unspecified atom stereocenters. The zero-order chi connectivity index (χ0) is 12.4. The molecule has 3 rings (SSSR count). The number of isocyanates is 1. The summed E-state index contributed by atoms with van der Waals surface area (Å²) in [5, 5.41) is 0. The molecular weight excluding hydrogens is 226 g/mol. The zero-order valence-corrected chi connectivity index (χ0v) is 10.4. The van der Waals surface area contributed by atoms with Gasteiger partial charge in [-0.05, 0) is 36.0 Å². The van der Waals surface area contributed by atoms with Gasteiger partial charge in [-0.3, -0.25) is 0 Å². The molecule has 1 aliphatic heterocycles. The van der Waals surface area contributed by atoms with Crippen LogP contribution in [0, 0.1) is 0 Å². The van der Waals surface area contributed by atoms with Crippen LogP contribution in [0.4, 0.5) is 0 Å². The molecule has 1 aromatic carbocycles. The quantitative estimate of drug-likeness (QED) is 0.591. The molecule has 1 saturated carbocycles. The minimum Gasteiger partial charge on any atom is -0.376 e. The van der Waals surface area contributed by atoms with E-state index in [9.17, 15) is 4.79 Å². The predicted octanol–water partition coefficient (Wildman–Crippen LogP) is 2.86. The van der Waals surface area contributed by atoms with Gasteiger partial charge in [-0.2, -0.15) is 4.99 Å². The highest BCUT2D eigenvalue weighted by atomic mass is 16.5. The second-order valence-electron chi connectivity index (χ2n) is 5.23. The van der Waals surface area contributed by atoms with E-state index in [0.717, 1.165) is 44.3 Å². The smallest absolute Gasteiger partial charge is 0.235 e. The Morgan fingerprint density at radius 1 is 1.22 bits per heavy atom. The molecule has 0 atom stereocenters. The lowest BCUT2D eigenvalue weighted by Gasteiger charge is -2.25. The summed E-state index contributed by atoms with van der Waals surface area (Å²) in [6.45, 7) is 1.49. The van der Waals surface area contributed by atoms with E-state index in [1.165, 1.54) is 11.1 Å². The van der Waals surface area contributed by atoms with Gasteiger partial charge in [0.15, 0.2) is 0 Å². The first-order valence-electron chi connectivity index (χ1n) is 6.63. The Balaban J connectivity index is 2.02. The van der Waals surface area contributed by atoms with Crippen LogP contribution in [0.25, 0.3) is 0 Å². The Morgan fingerprint density at radius 3 is 2.83 bits per heavy atom. The van der Waals surface area contributed by atoms with Crippen LogP contribution in [-0.2, 0) is 28.1 Å². The monoisotopic (exact) mass is 243 g/mol. The van der Waals surface area contributed by atoms with Crippen molar-refractivity contribution in [2.24, 2.45) is 4.99 Å². The van der Waals surface area contributed by atoms with E-state index in [2.05, 4.69) is 23.2 Å². The maximum Gasteiger partial charge on any atom is 0.235 e. The Bertz CT molecular complexity index is 497. The normalized spacial score (nSPS) is 21.1. The van der Waals surface area contributed by atoms with E-state index in [1.807, 2.05) is 0 Å². The van der Waals surface area contributed by atoms with Crippen LogP contribution in [0.3, 0.4) is 0 Å². The van der Waals surface area contributed by atoms with Gasteiger partial charge in [0.25, 0.3) is 0 Å². The molecule has 1 aliphatic carbocycles. The Morgan fingerprint density at radius 2 is 2.06 bits per heavy atom. The molecule has 0 radical (unpaired) electrons. The molecule has 2 aliphatic rings. The van der Waals surface area contributed by atoms with E-state index in [0.29, 0.717) is 6.61 Å². The lowest BCUT2D eigenvalue weighted by atomic mass is 9.86. The predicted molar refractivity (Wildman–Crippen MR) is 68.1 cm³/mol. The van der Waals surface area contributed by atoms with Gasteiger partial charge in [0.2, 0.25) is 6.08 Å². The third kappa shape index (κ3) is 1.90. The summed E-state index contributed by atoms with van der Waals surface area (Å²) >= 11 is 0. The number of carbonyl (C=O) groups excluding carboxylic acids is 1. The molecule has 0 aromatic heterocycles. The highest BCUT2D eigenvalue weighted by Crippen LogP contribution is 2.42. The van der Waals surface area contributed by atoms with E-state index in [-0.39, 0.29) is 5.54 Å². The lowest BCUT2D eigenvalue weighted by molar-refractivity contribution is 0.110. The summed E-state index contributed by atoms with van der Waals surface area (Å²) in [6.07, 6.45) is 6.95. The van der Waals surface area contributed by atoms with Crippen LogP contribution >= 0.6 is 0 Å². The Labute approximate surface area is 107 Å². The molecule has 0 spiro atoms. The standard InChI is InChI=1S/C15H17NO2/c17-11-16-15(6-1-2-7-15)14-4-3-12-5-8-18-10-13(12)9-14/h3-4,9H,1-2,5-8,10H2. The largest absolute Gasteiger partial charge is 0.376 e. The topological polar surface area (TPSA) is 38.7 Å². The van der Waals surface area contributed by atoms with E-state index in [1.54, 1.807) is 6.08 Å². The van der Waals surface area contributed by atoms with E-state index >= 15 is 0 Å². The molecule has 18 heavy (non-hydrogen) atoms. The summed E-state index contributed by atoms with van der Waals surface area (Å²) in [7, 11) is 0. The summed E-state index contributed by atoms with van der Waals surface area (Å²) < 4.78 is 5.50. The minimum atomic E-state index is -0.311. The second kappa shape index (κ2) is 4.68. The van der Waals surface area contributed by atoms with Gasteiger partial charge >= 0.3 is 0 Å². The van der Waals surface area contributed by atoms with Gasteiger partial charge in [0, 0.05) is 0 Å². The number of fused-ring (bicyclic) bond motifs is 1. The van der Waals surface area contributed by atoms with Gasteiger partial charge in [-0.1, -0.05) is 31.0 Å². The van der Waals surface area contributed by atoms with Gasteiger partial charge in [-0.25, -0.2) is 4.79 Å². The third-order valence-corrected chi connectivity index (χ3v) is 4.21. The van der Waals surface area contributed by atoms with Crippen molar-refractivity contribution in [2.75, 3.05) is 6.61 Å². The second-order valence-corrected chi connectivity index (χ2v) is 5.23. The number of hydrogen-bond acceptors (Lipinski definition) is 3. The van der Waals surface area contributed by atoms with Gasteiger partial charge in [-0.15, -0.1) is 0 Å². The highest BCUT2D eigenvalue weighted by Gasteiger charge is 2.36.